The van der Waals surface area contributed by atoms with Crippen LogP contribution < -0.4 is 5.73 Å². The minimum absolute atomic E-state index is 0.313. The lowest BCUT2D eigenvalue weighted by molar-refractivity contribution is 0.118. The van der Waals surface area contributed by atoms with Crippen molar-refractivity contribution >= 4 is 17.2 Å². The van der Waals surface area contributed by atoms with Gasteiger partial charge in [0.05, 0.1) is 6.61 Å². The van der Waals surface area contributed by atoms with Crippen LogP contribution in [0, 0.1) is 0 Å². The van der Waals surface area contributed by atoms with E-state index in [0.29, 0.717) is 23.9 Å². The lowest BCUT2D eigenvalue weighted by atomic mass is 10.1. The molecule has 0 aliphatic rings. The third-order valence-corrected chi connectivity index (χ3v) is 3.17. The van der Waals surface area contributed by atoms with Crippen molar-refractivity contribution in [2.24, 2.45) is 5.73 Å². The van der Waals surface area contributed by atoms with E-state index in [9.17, 15) is 0 Å². The fourth-order valence-electron chi connectivity index (χ4n) is 1.98. The minimum atomic E-state index is 0.313. The first-order chi connectivity index (χ1) is 9.77. The zero-order valence-corrected chi connectivity index (χ0v) is 12.1. The maximum atomic E-state index is 5.68. The van der Waals surface area contributed by atoms with Gasteiger partial charge in [0.25, 0.3) is 0 Å². The summed E-state index contributed by atoms with van der Waals surface area (Å²) in [5, 5.41) is 0. The Labute approximate surface area is 124 Å². The van der Waals surface area contributed by atoms with Gasteiger partial charge in [-0.2, -0.15) is 0 Å². The number of benzene rings is 1. The number of aromatic nitrogens is 1. The number of hydrogen-bond acceptors (Lipinski definition) is 3. The second-order valence-electron chi connectivity index (χ2n) is 4.52. The summed E-state index contributed by atoms with van der Waals surface area (Å²) < 4.78 is 5.68. The van der Waals surface area contributed by atoms with Crippen LogP contribution in [0.3, 0.4) is 0 Å². The molecule has 3 nitrogen and oxygen atoms in total. The fourth-order valence-corrected chi connectivity index (χ4v) is 2.17. The molecule has 2 aromatic rings. The van der Waals surface area contributed by atoms with Gasteiger partial charge in [-0.15, -0.1) is 0 Å². The van der Waals surface area contributed by atoms with Crippen LogP contribution in [0.1, 0.15) is 23.2 Å². The van der Waals surface area contributed by atoms with Crippen molar-refractivity contribution in [1.29, 1.82) is 0 Å². The van der Waals surface area contributed by atoms with Gasteiger partial charge in [-0.1, -0.05) is 48.6 Å². The average Bonchev–Trinajstić information content (AvgIpc) is 2.48. The highest BCUT2D eigenvalue weighted by molar-refractivity contribution is 7.80. The van der Waals surface area contributed by atoms with E-state index in [1.165, 1.54) is 5.56 Å². The predicted octanol–water partition coefficient (Wildman–Crippen LogP) is 2.87. The summed E-state index contributed by atoms with van der Waals surface area (Å²) in [6.07, 6.45) is 3.70. The van der Waals surface area contributed by atoms with Crippen LogP contribution in [0.4, 0.5) is 0 Å². The molecule has 0 aliphatic heterocycles. The SMILES string of the molecule is NC(=S)c1ncccc1COCCCc1ccccc1. The number of nitrogens with two attached hydrogens (primary N) is 1. The summed E-state index contributed by atoms with van der Waals surface area (Å²) in [5.41, 5.74) is 8.57. The Kier molecular flexibility index (Phi) is 5.65. The van der Waals surface area contributed by atoms with Gasteiger partial charge in [0.2, 0.25) is 0 Å². The monoisotopic (exact) mass is 286 g/mol. The highest BCUT2D eigenvalue weighted by Crippen LogP contribution is 2.08. The van der Waals surface area contributed by atoms with Crippen molar-refractivity contribution in [3.8, 4) is 0 Å². The number of pyridine rings is 1. The largest absolute Gasteiger partial charge is 0.388 e. The lowest BCUT2D eigenvalue weighted by Crippen LogP contribution is -2.15. The number of rotatable bonds is 7. The second kappa shape index (κ2) is 7.72. The first-order valence-corrected chi connectivity index (χ1v) is 7.03. The summed E-state index contributed by atoms with van der Waals surface area (Å²) in [6, 6.07) is 14.2. The first-order valence-electron chi connectivity index (χ1n) is 6.63. The number of ether oxygens (including phenoxy) is 1. The van der Waals surface area contributed by atoms with Crippen LogP contribution in [0.25, 0.3) is 0 Å². The van der Waals surface area contributed by atoms with Gasteiger partial charge in [-0.3, -0.25) is 4.98 Å². The molecule has 1 aromatic carbocycles. The third-order valence-electron chi connectivity index (χ3n) is 2.98. The Morgan fingerprint density at radius 1 is 1.15 bits per heavy atom. The quantitative estimate of drug-likeness (QED) is 0.628. The normalized spacial score (nSPS) is 10.4. The molecule has 0 fully saturated rings. The summed E-state index contributed by atoms with van der Waals surface area (Å²) in [5.74, 6) is 0. The molecule has 0 aliphatic carbocycles. The van der Waals surface area contributed by atoms with Crippen molar-refractivity contribution in [2.45, 2.75) is 19.4 Å². The van der Waals surface area contributed by atoms with Crippen LogP contribution in [0.5, 0.6) is 0 Å². The molecule has 1 heterocycles. The minimum Gasteiger partial charge on any atom is -0.388 e. The molecule has 0 spiro atoms. The van der Waals surface area contributed by atoms with Crippen molar-refractivity contribution in [3.05, 3.63) is 65.5 Å². The molecule has 0 amide bonds. The van der Waals surface area contributed by atoms with E-state index in [4.69, 9.17) is 22.7 Å². The van der Waals surface area contributed by atoms with E-state index in [0.717, 1.165) is 18.4 Å². The topological polar surface area (TPSA) is 48.1 Å². The van der Waals surface area contributed by atoms with E-state index >= 15 is 0 Å². The van der Waals surface area contributed by atoms with Gasteiger partial charge in [0.15, 0.2) is 0 Å². The van der Waals surface area contributed by atoms with E-state index < -0.39 is 0 Å². The third kappa shape index (κ3) is 4.40. The molecule has 20 heavy (non-hydrogen) atoms. The molecule has 1 aromatic heterocycles. The number of hydrogen-bond donors (Lipinski definition) is 1. The number of aryl methyl sites for hydroxylation is 1. The maximum Gasteiger partial charge on any atom is 0.123 e. The van der Waals surface area contributed by atoms with Gasteiger partial charge in [0.1, 0.15) is 10.7 Å². The average molecular weight is 286 g/mol. The fraction of sp³-hybridized carbons (Fsp3) is 0.250. The molecule has 4 heteroatoms. The molecule has 104 valence electrons. The highest BCUT2D eigenvalue weighted by Gasteiger charge is 2.05. The van der Waals surface area contributed by atoms with Crippen molar-refractivity contribution < 1.29 is 4.74 Å². The number of thiocarbonyl (C=S) groups is 1. The van der Waals surface area contributed by atoms with E-state index in [-0.39, 0.29) is 0 Å². The van der Waals surface area contributed by atoms with Crippen molar-refractivity contribution in [3.63, 3.8) is 0 Å². The van der Waals surface area contributed by atoms with Gasteiger partial charge >= 0.3 is 0 Å². The molecule has 2 rings (SSSR count). The molecule has 0 radical (unpaired) electrons. The zero-order valence-electron chi connectivity index (χ0n) is 11.3. The van der Waals surface area contributed by atoms with Crippen molar-refractivity contribution in [1.82, 2.24) is 4.98 Å². The van der Waals surface area contributed by atoms with Crippen LogP contribution in [-0.2, 0) is 17.8 Å². The molecule has 0 unspecified atom stereocenters. The summed E-state index contributed by atoms with van der Waals surface area (Å²) >= 11 is 4.97. The zero-order chi connectivity index (χ0) is 14.2. The summed E-state index contributed by atoms with van der Waals surface area (Å²) in [4.78, 5) is 4.49. The number of nitrogens with zero attached hydrogens (tertiary/aromatic N) is 1. The molecular weight excluding hydrogens is 268 g/mol. The van der Waals surface area contributed by atoms with Crippen LogP contribution in [0.2, 0.25) is 0 Å². The van der Waals surface area contributed by atoms with Crippen LogP contribution in [-0.4, -0.2) is 16.6 Å². The molecule has 0 saturated heterocycles. The van der Waals surface area contributed by atoms with Gasteiger partial charge < -0.3 is 10.5 Å². The maximum absolute atomic E-state index is 5.68. The van der Waals surface area contributed by atoms with Gasteiger partial charge in [-0.25, -0.2) is 0 Å². The smallest absolute Gasteiger partial charge is 0.123 e. The Bertz CT molecular complexity index is 557. The summed E-state index contributed by atoms with van der Waals surface area (Å²) in [6.45, 7) is 1.20. The molecule has 2 N–H and O–H groups in total. The molecular formula is C16H18N2OS. The standard InChI is InChI=1S/C16H18N2OS/c17-16(20)15-14(9-4-10-18-15)12-19-11-5-8-13-6-2-1-3-7-13/h1-4,6-7,9-10H,5,8,11-12H2,(H2,17,20). The Morgan fingerprint density at radius 2 is 1.95 bits per heavy atom. The summed E-state index contributed by atoms with van der Waals surface area (Å²) in [7, 11) is 0. The van der Waals surface area contributed by atoms with E-state index in [1.54, 1.807) is 6.20 Å². The van der Waals surface area contributed by atoms with Gasteiger partial charge in [0, 0.05) is 18.4 Å². The van der Waals surface area contributed by atoms with Crippen LogP contribution in [0.15, 0.2) is 48.7 Å². The molecule has 0 atom stereocenters. The first kappa shape index (κ1) is 14.6. The van der Waals surface area contributed by atoms with Crippen molar-refractivity contribution in [2.75, 3.05) is 6.61 Å². The van der Waals surface area contributed by atoms with E-state index in [1.807, 2.05) is 18.2 Å². The Balaban J connectivity index is 1.75. The van der Waals surface area contributed by atoms with Crippen LogP contribution >= 0.6 is 12.2 Å². The Hall–Kier alpha value is -1.78. The van der Waals surface area contributed by atoms with Gasteiger partial charge in [-0.05, 0) is 24.5 Å². The molecule has 0 saturated carbocycles. The molecule has 0 bridgehead atoms. The Morgan fingerprint density at radius 3 is 2.70 bits per heavy atom. The predicted molar refractivity (Wildman–Crippen MR) is 84.5 cm³/mol. The second-order valence-corrected chi connectivity index (χ2v) is 4.96. The van der Waals surface area contributed by atoms with E-state index in [2.05, 4.69) is 29.2 Å². The highest BCUT2D eigenvalue weighted by atomic mass is 32.1. The lowest BCUT2D eigenvalue weighted by Gasteiger charge is -2.08.